The van der Waals surface area contributed by atoms with Crippen molar-refractivity contribution in [2.24, 2.45) is 0 Å². The van der Waals surface area contributed by atoms with Gasteiger partial charge in [-0.2, -0.15) is 0 Å². The molecule has 0 radical (unpaired) electrons. The summed E-state index contributed by atoms with van der Waals surface area (Å²) in [6.45, 7) is 4.05. The van der Waals surface area contributed by atoms with Gasteiger partial charge in [0.05, 0.1) is 24.7 Å². The number of carbonyl (C=O) groups is 1. The third-order valence-electron chi connectivity index (χ3n) is 4.89. The minimum Gasteiger partial charge on any atom is -0.489 e. The smallest absolute Gasteiger partial charge is 0.227 e. The molecule has 1 aliphatic heterocycles. The Bertz CT molecular complexity index is 584. The molecule has 1 aliphatic carbocycles. The Balaban J connectivity index is 1.73. The van der Waals surface area contributed by atoms with Crippen LogP contribution in [0.15, 0.2) is 12.1 Å². The molecule has 0 spiro atoms. The first-order valence-electron chi connectivity index (χ1n) is 9.06. The van der Waals surface area contributed by atoms with Crippen LogP contribution in [0.4, 0.5) is 0 Å². The van der Waals surface area contributed by atoms with Crippen LogP contribution in [0.1, 0.15) is 51.0 Å². The molecule has 2 aliphatic rings. The number of halogens is 1. The lowest BCUT2D eigenvalue weighted by molar-refractivity contribution is -0.133. The Morgan fingerprint density at radius 3 is 2.67 bits per heavy atom. The molecule has 1 aromatic rings. The van der Waals surface area contributed by atoms with E-state index in [4.69, 9.17) is 21.1 Å². The van der Waals surface area contributed by atoms with E-state index in [9.17, 15) is 4.79 Å². The van der Waals surface area contributed by atoms with Crippen LogP contribution in [0.2, 0.25) is 5.02 Å². The SMILES string of the molecule is CCN(C(=O)Cc1cc(Cl)c2c(c1)OCCCO2)C1CCCCC1. The largest absolute Gasteiger partial charge is 0.489 e. The van der Waals surface area contributed by atoms with Gasteiger partial charge in [-0.05, 0) is 37.5 Å². The van der Waals surface area contributed by atoms with E-state index in [1.165, 1.54) is 19.3 Å². The van der Waals surface area contributed by atoms with Crippen molar-refractivity contribution in [3.05, 3.63) is 22.7 Å². The molecule has 0 aromatic heterocycles. The lowest BCUT2D eigenvalue weighted by atomic mass is 9.93. The third-order valence-corrected chi connectivity index (χ3v) is 5.17. The first kappa shape index (κ1) is 17.4. The van der Waals surface area contributed by atoms with Gasteiger partial charge in [-0.1, -0.05) is 30.9 Å². The number of carbonyl (C=O) groups excluding carboxylic acids is 1. The minimum atomic E-state index is 0.176. The van der Waals surface area contributed by atoms with Gasteiger partial charge in [0.25, 0.3) is 0 Å². The Kier molecular flexibility index (Phi) is 5.88. The van der Waals surface area contributed by atoms with Crippen LogP contribution in [0.3, 0.4) is 0 Å². The zero-order valence-corrected chi connectivity index (χ0v) is 15.1. The van der Waals surface area contributed by atoms with Crippen molar-refractivity contribution < 1.29 is 14.3 Å². The van der Waals surface area contributed by atoms with E-state index in [-0.39, 0.29) is 5.91 Å². The molecule has 0 N–H and O–H groups in total. The summed E-state index contributed by atoms with van der Waals surface area (Å²) in [6.07, 6.45) is 7.20. The molecule has 132 valence electrons. The van der Waals surface area contributed by atoms with Crippen molar-refractivity contribution >= 4 is 17.5 Å². The number of benzene rings is 1. The standard InChI is InChI=1S/C19H26ClNO3/c1-2-21(15-7-4-3-5-8-15)18(22)13-14-11-16(20)19-17(12-14)23-9-6-10-24-19/h11-12,15H,2-10,13H2,1H3. The highest BCUT2D eigenvalue weighted by Gasteiger charge is 2.25. The van der Waals surface area contributed by atoms with Crippen molar-refractivity contribution in [1.82, 2.24) is 4.90 Å². The van der Waals surface area contributed by atoms with Gasteiger partial charge in [-0.15, -0.1) is 0 Å². The van der Waals surface area contributed by atoms with E-state index in [0.29, 0.717) is 42.2 Å². The first-order valence-corrected chi connectivity index (χ1v) is 9.44. The molecule has 1 heterocycles. The van der Waals surface area contributed by atoms with E-state index in [0.717, 1.165) is 31.4 Å². The van der Waals surface area contributed by atoms with Crippen LogP contribution in [0.5, 0.6) is 11.5 Å². The maximum atomic E-state index is 12.8. The van der Waals surface area contributed by atoms with Crippen LogP contribution in [0, 0.1) is 0 Å². The van der Waals surface area contributed by atoms with E-state index < -0.39 is 0 Å². The lowest BCUT2D eigenvalue weighted by Crippen LogP contribution is -2.42. The van der Waals surface area contributed by atoms with Crippen molar-refractivity contribution in [2.45, 2.75) is 57.9 Å². The Hall–Kier alpha value is -1.42. The predicted octanol–water partition coefficient (Wildman–Crippen LogP) is 4.23. The fourth-order valence-corrected chi connectivity index (χ4v) is 3.98. The molecule has 0 bridgehead atoms. The first-order chi connectivity index (χ1) is 11.7. The Morgan fingerprint density at radius 1 is 1.17 bits per heavy atom. The summed E-state index contributed by atoms with van der Waals surface area (Å²) in [5.74, 6) is 1.43. The van der Waals surface area contributed by atoms with Gasteiger partial charge in [0.1, 0.15) is 0 Å². The molecule has 0 saturated heterocycles. The number of hydrogen-bond donors (Lipinski definition) is 0. The minimum absolute atomic E-state index is 0.176. The maximum Gasteiger partial charge on any atom is 0.227 e. The highest BCUT2D eigenvalue weighted by atomic mass is 35.5. The second-order valence-electron chi connectivity index (χ2n) is 6.60. The molecule has 0 unspecified atom stereocenters. The molecule has 1 aromatic carbocycles. The fraction of sp³-hybridized carbons (Fsp3) is 0.632. The quantitative estimate of drug-likeness (QED) is 0.815. The van der Waals surface area contributed by atoms with E-state index in [2.05, 4.69) is 6.92 Å². The van der Waals surface area contributed by atoms with Gasteiger partial charge in [-0.25, -0.2) is 0 Å². The second-order valence-corrected chi connectivity index (χ2v) is 7.01. The fourth-order valence-electron chi connectivity index (χ4n) is 3.69. The normalized spacial score (nSPS) is 18.1. The average Bonchev–Trinajstić information content (AvgIpc) is 2.82. The summed E-state index contributed by atoms with van der Waals surface area (Å²) in [5, 5.41) is 0.526. The number of rotatable bonds is 4. The summed E-state index contributed by atoms with van der Waals surface area (Å²) < 4.78 is 11.4. The highest BCUT2D eigenvalue weighted by Crippen LogP contribution is 2.38. The summed E-state index contributed by atoms with van der Waals surface area (Å²) in [4.78, 5) is 14.8. The van der Waals surface area contributed by atoms with Crippen LogP contribution < -0.4 is 9.47 Å². The molecular formula is C19H26ClNO3. The second kappa shape index (κ2) is 8.11. The third kappa shape index (κ3) is 3.97. The molecule has 1 fully saturated rings. The molecule has 5 heteroatoms. The zero-order chi connectivity index (χ0) is 16.9. The molecule has 4 nitrogen and oxygen atoms in total. The van der Waals surface area contributed by atoms with Crippen molar-refractivity contribution in [3.8, 4) is 11.5 Å². The van der Waals surface area contributed by atoms with Gasteiger partial charge in [0, 0.05) is 19.0 Å². The van der Waals surface area contributed by atoms with Gasteiger partial charge in [0.2, 0.25) is 5.91 Å². The van der Waals surface area contributed by atoms with Crippen LogP contribution in [0.25, 0.3) is 0 Å². The summed E-state index contributed by atoms with van der Waals surface area (Å²) >= 11 is 6.34. The number of amides is 1. The average molecular weight is 352 g/mol. The molecule has 1 saturated carbocycles. The Labute approximate surface area is 149 Å². The predicted molar refractivity (Wildman–Crippen MR) is 95.0 cm³/mol. The summed E-state index contributed by atoms with van der Waals surface area (Å²) in [7, 11) is 0. The van der Waals surface area contributed by atoms with Crippen LogP contribution >= 0.6 is 11.6 Å². The van der Waals surface area contributed by atoms with Crippen LogP contribution in [-0.4, -0.2) is 36.6 Å². The molecule has 24 heavy (non-hydrogen) atoms. The number of likely N-dealkylation sites (N-methyl/N-ethyl adjacent to an activating group) is 1. The van der Waals surface area contributed by atoms with Crippen LogP contribution in [-0.2, 0) is 11.2 Å². The zero-order valence-electron chi connectivity index (χ0n) is 14.4. The van der Waals surface area contributed by atoms with E-state index in [1.807, 2.05) is 17.0 Å². The number of hydrogen-bond acceptors (Lipinski definition) is 3. The molecular weight excluding hydrogens is 326 g/mol. The Morgan fingerprint density at radius 2 is 1.92 bits per heavy atom. The number of fused-ring (bicyclic) bond motifs is 1. The topological polar surface area (TPSA) is 38.8 Å². The van der Waals surface area contributed by atoms with Gasteiger partial charge in [0.15, 0.2) is 11.5 Å². The number of ether oxygens (including phenoxy) is 2. The van der Waals surface area contributed by atoms with Crippen molar-refractivity contribution in [2.75, 3.05) is 19.8 Å². The maximum absolute atomic E-state index is 12.8. The van der Waals surface area contributed by atoms with Crippen molar-refractivity contribution in [3.63, 3.8) is 0 Å². The summed E-state index contributed by atoms with van der Waals surface area (Å²) in [6, 6.07) is 4.13. The molecule has 0 atom stereocenters. The number of nitrogens with zero attached hydrogens (tertiary/aromatic N) is 1. The van der Waals surface area contributed by atoms with Gasteiger partial charge >= 0.3 is 0 Å². The molecule has 1 amide bonds. The van der Waals surface area contributed by atoms with Crippen molar-refractivity contribution in [1.29, 1.82) is 0 Å². The monoisotopic (exact) mass is 351 g/mol. The van der Waals surface area contributed by atoms with Gasteiger partial charge in [-0.3, -0.25) is 4.79 Å². The van der Waals surface area contributed by atoms with Gasteiger partial charge < -0.3 is 14.4 Å². The highest BCUT2D eigenvalue weighted by molar-refractivity contribution is 6.32. The molecule has 3 rings (SSSR count). The van der Waals surface area contributed by atoms with E-state index >= 15 is 0 Å². The van der Waals surface area contributed by atoms with E-state index in [1.54, 1.807) is 0 Å². The summed E-state index contributed by atoms with van der Waals surface area (Å²) in [5.41, 5.74) is 0.892. The lowest BCUT2D eigenvalue weighted by Gasteiger charge is -2.33.